The molecule has 4 aromatic rings. The fourth-order valence-corrected chi connectivity index (χ4v) is 6.14. The number of hydrogen-bond donors (Lipinski definition) is 1. The van der Waals surface area contributed by atoms with Crippen LogP contribution in [0, 0.1) is 11.3 Å². The number of carbonyl (C=O) groups is 1. The monoisotopic (exact) mass is 638 g/mol. The van der Waals surface area contributed by atoms with E-state index >= 15 is 0 Å². The molecule has 1 aliphatic heterocycles. The van der Waals surface area contributed by atoms with Gasteiger partial charge in [-0.2, -0.15) is 10.4 Å². The number of rotatable bonds is 9. The number of halogens is 2. The lowest BCUT2D eigenvalue weighted by Gasteiger charge is -2.46. The third-order valence-corrected chi connectivity index (χ3v) is 12.9. The Hall–Kier alpha value is -3.60. The Balaban J connectivity index is 1.39. The second-order valence-electron chi connectivity index (χ2n) is 11.9. The van der Waals surface area contributed by atoms with E-state index in [0.29, 0.717) is 57.8 Å². The molecule has 0 radical (unpaired) electrons. The number of anilines is 1. The number of aromatic nitrogens is 5. The first kappa shape index (κ1) is 30.8. The number of nitrogens with one attached hydrogen (secondary N) is 1. The van der Waals surface area contributed by atoms with Gasteiger partial charge in [-0.05, 0) is 42.4 Å². The van der Waals surface area contributed by atoms with E-state index in [0.717, 1.165) is 0 Å². The predicted molar refractivity (Wildman–Crippen MR) is 167 cm³/mol. The first-order valence-electron chi connectivity index (χ1n) is 13.7. The summed E-state index contributed by atoms with van der Waals surface area (Å²) in [5.41, 5.74) is 1.10. The molecular weight excluding hydrogens is 607 g/mol. The Bertz CT molecular complexity index is 1680. The van der Waals surface area contributed by atoms with Crippen LogP contribution in [0.4, 0.5) is 5.82 Å². The number of amides is 1. The fraction of sp³-hybridized carbons (Fsp3) is 0.379. The second kappa shape index (κ2) is 12.2. The third-order valence-electron chi connectivity index (χ3n) is 7.79. The van der Waals surface area contributed by atoms with Gasteiger partial charge in [-0.25, -0.2) is 19.6 Å². The maximum absolute atomic E-state index is 13.5. The van der Waals surface area contributed by atoms with E-state index < -0.39 is 20.3 Å². The zero-order valence-corrected chi connectivity index (χ0v) is 27.0. The summed E-state index contributed by atoms with van der Waals surface area (Å²) in [6.07, 6.45) is 3.44. The smallest absolute Gasteiger partial charge is 0.268 e. The van der Waals surface area contributed by atoms with Gasteiger partial charge >= 0.3 is 0 Å². The van der Waals surface area contributed by atoms with Crippen LogP contribution in [0.1, 0.15) is 26.3 Å². The van der Waals surface area contributed by atoms with Gasteiger partial charge in [0.25, 0.3) is 5.91 Å². The lowest BCUT2D eigenvalue weighted by atomic mass is 10.1. The van der Waals surface area contributed by atoms with Crippen LogP contribution in [0.2, 0.25) is 28.2 Å². The highest BCUT2D eigenvalue weighted by Gasteiger charge is 2.42. The minimum absolute atomic E-state index is 0.0940. The molecule has 1 fully saturated rings. The van der Waals surface area contributed by atoms with Gasteiger partial charge in [0, 0.05) is 25.8 Å². The number of ether oxygens (including phenoxy) is 1. The molecule has 1 aromatic carbocycles. The molecule has 11 nitrogen and oxygen atoms in total. The van der Waals surface area contributed by atoms with Crippen LogP contribution in [0.3, 0.4) is 0 Å². The molecule has 43 heavy (non-hydrogen) atoms. The van der Waals surface area contributed by atoms with Crippen molar-refractivity contribution >= 4 is 54.3 Å². The van der Waals surface area contributed by atoms with Crippen molar-refractivity contribution in [3.63, 3.8) is 0 Å². The van der Waals surface area contributed by atoms with E-state index in [9.17, 15) is 10.1 Å². The molecular formula is C29H32Cl2N8O3Si. The van der Waals surface area contributed by atoms with E-state index in [2.05, 4.69) is 70.2 Å². The molecule has 4 heterocycles. The van der Waals surface area contributed by atoms with E-state index in [1.165, 1.54) is 23.4 Å². The zero-order valence-electron chi connectivity index (χ0n) is 24.5. The van der Waals surface area contributed by atoms with Gasteiger partial charge in [0.1, 0.15) is 29.3 Å². The van der Waals surface area contributed by atoms with Gasteiger partial charge in [0.2, 0.25) is 5.88 Å². The molecule has 1 atom stereocenters. The Kier molecular flexibility index (Phi) is 8.74. The molecule has 0 spiro atoms. The summed E-state index contributed by atoms with van der Waals surface area (Å²) in [6.45, 7) is 12.8. The van der Waals surface area contributed by atoms with Gasteiger partial charge in [0.15, 0.2) is 20.1 Å². The Morgan fingerprint density at radius 3 is 2.60 bits per heavy atom. The summed E-state index contributed by atoms with van der Waals surface area (Å²) >= 11 is 12.4. The van der Waals surface area contributed by atoms with Crippen LogP contribution >= 0.6 is 23.2 Å². The number of nitrogens with zero attached hydrogens (tertiary/aromatic N) is 7. The van der Waals surface area contributed by atoms with Crippen molar-refractivity contribution in [3.8, 4) is 17.6 Å². The van der Waals surface area contributed by atoms with Crippen molar-refractivity contribution in [2.45, 2.75) is 51.1 Å². The van der Waals surface area contributed by atoms with E-state index in [-0.39, 0.29) is 17.0 Å². The molecule has 5 rings (SSSR count). The normalized spacial score (nSPS) is 15.1. The Morgan fingerprint density at radius 1 is 1.16 bits per heavy atom. The lowest BCUT2D eigenvalue weighted by Crippen LogP contribution is -2.60. The highest BCUT2D eigenvalue weighted by Crippen LogP contribution is 2.38. The Labute approximate surface area is 260 Å². The van der Waals surface area contributed by atoms with Crippen molar-refractivity contribution in [2.24, 2.45) is 0 Å². The predicted octanol–water partition coefficient (Wildman–Crippen LogP) is 5.48. The number of fused-ring (bicyclic) bond motifs is 1. The largest absolute Gasteiger partial charge is 0.462 e. The molecule has 3 aromatic heterocycles. The van der Waals surface area contributed by atoms with Crippen LogP contribution in [-0.2, 0) is 9.22 Å². The molecule has 1 N–H and O–H groups in total. The van der Waals surface area contributed by atoms with Crippen molar-refractivity contribution in [3.05, 3.63) is 64.7 Å². The zero-order chi connectivity index (χ0) is 30.9. The fourth-order valence-electron chi connectivity index (χ4n) is 4.44. The molecule has 0 bridgehead atoms. The number of nitriles is 1. The van der Waals surface area contributed by atoms with Crippen LogP contribution in [-0.4, -0.2) is 75.7 Å². The highest BCUT2D eigenvalue weighted by molar-refractivity contribution is 6.74. The first-order valence-corrected chi connectivity index (χ1v) is 17.4. The summed E-state index contributed by atoms with van der Waals surface area (Å²) in [7, 11) is -1.92. The van der Waals surface area contributed by atoms with E-state index in [1.54, 1.807) is 30.3 Å². The van der Waals surface area contributed by atoms with Crippen LogP contribution < -0.4 is 10.1 Å². The molecule has 224 valence electrons. The molecule has 1 amide bonds. The maximum atomic E-state index is 13.5. The minimum Gasteiger partial charge on any atom is -0.462 e. The second-order valence-corrected chi connectivity index (χ2v) is 17.5. The standard InChI is InChI=1S/C29H32Cl2N8O3Si/c1-29(2,3)43(4,5)42-20-14-38(15-20)16-23(27(40)37-24-10-9-19(30)12-33-24)41-28-21-13-36-39(26(21)34-17-35-28)25-18(11-32)7-6-8-22(25)31/h6-10,12-13,17,20,23H,14-16H2,1-5H3,(H,33,37,40)/t23-/m0/s1. The molecule has 1 aliphatic rings. The first-order chi connectivity index (χ1) is 20.4. The quantitative estimate of drug-likeness (QED) is 0.237. The van der Waals surface area contributed by atoms with Gasteiger partial charge < -0.3 is 14.5 Å². The maximum Gasteiger partial charge on any atom is 0.268 e. The van der Waals surface area contributed by atoms with Crippen LogP contribution in [0.5, 0.6) is 5.88 Å². The van der Waals surface area contributed by atoms with Gasteiger partial charge in [-0.15, -0.1) is 0 Å². The van der Waals surface area contributed by atoms with Gasteiger partial charge in [-0.3, -0.25) is 9.69 Å². The van der Waals surface area contributed by atoms with Crippen LogP contribution in [0.25, 0.3) is 16.7 Å². The van der Waals surface area contributed by atoms with Crippen molar-refractivity contribution in [1.82, 2.24) is 29.6 Å². The molecule has 1 saturated heterocycles. The summed E-state index contributed by atoms with van der Waals surface area (Å²) < 4.78 is 14.3. The number of hydrogen-bond acceptors (Lipinski definition) is 9. The van der Waals surface area contributed by atoms with Gasteiger partial charge in [-0.1, -0.05) is 50.0 Å². The highest BCUT2D eigenvalue weighted by atomic mass is 35.5. The number of para-hydroxylation sites is 1. The van der Waals surface area contributed by atoms with E-state index in [4.69, 9.17) is 32.4 Å². The Morgan fingerprint density at radius 2 is 1.93 bits per heavy atom. The molecule has 0 saturated carbocycles. The SMILES string of the molecule is CC(C)(C)[Si](C)(C)OC1CN(C[C@H](Oc2ncnc3c2cnn3-c2c(Cl)cccc2C#N)C(=O)Nc2ccc(Cl)cn2)C1. The number of likely N-dealkylation sites (tertiary alicyclic amines) is 1. The number of pyridine rings is 1. The van der Waals surface area contributed by atoms with Gasteiger partial charge in [0.05, 0.1) is 27.9 Å². The minimum atomic E-state index is -1.92. The molecule has 0 aliphatic carbocycles. The molecule has 14 heteroatoms. The number of carbonyl (C=O) groups excluding carboxylic acids is 1. The third kappa shape index (κ3) is 6.66. The summed E-state index contributed by atoms with van der Waals surface area (Å²) in [6, 6.07) is 10.4. The van der Waals surface area contributed by atoms with E-state index in [1.807, 2.05) is 0 Å². The lowest BCUT2D eigenvalue weighted by molar-refractivity contribution is -0.125. The number of benzene rings is 1. The van der Waals surface area contributed by atoms with Crippen molar-refractivity contribution in [2.75, 3.05) is 25.0 Å². The topological polar surface area (TPSA) is 131 Å². The summed E-state index contributed by atoms with van der Waals surface area (Å²) in [5.74, 6) is 0.107. The summed E-state index contributed by atoms with van der Waals surface area (Å²) in [5, 5.41) is 18.2. The van der Waals surface area contributed by atoms with Crippen molar-refractivity contribution < 1.29 is 14.0 Å². The average Bonchev–Trinajstić information content (AvgIpc) is 3.36. The van der Waals surface area contributed by atoms with Crippen molar-refractivity contribution in [1.29, 1.82) is 5.26 Å². The average molecular weight is 640 g/mol. The summed E-state index contributed by atoms with van der Waals surface area (Å²) in [4.78, 5) is 28.5. The molecule has 0 unspecified atom stereocenters. The van der Waals surface area contributed by atoms with Crippen LogP contribution in [0.15, 0.2) is 49.1 Å².